The largest absolute Gasteiger partial charge is 0.490 e. The number of sulfonamides is 1. The van der Waals surface area contributed by atoms with Gasteiger partial charge in [-0.15, -0.1) is 0 Å². The lowest BCUT2D eigenvalue weighted by molar-refractivity contribution is -0.137. The molecule has 2 aliphatic rings. The van der Waals surface area contributed by atoms with Gasteiger partial charge in [-0.25, -0.2) is 17.5 Å². The highest BCUT2D eigenvalue weighted by Crippen LogP contribution is 2.32. The Morgan fingerprint density at radius 2 is 1.77 bits per heavy atom. The topological polar surface area (TPSA) is 58.6 Å². The van der Waals surface area contributed by atoms with Crippen LogP contribution in [0.2, 0.25) is 0 Å². The van der Waals surface area contributed by atoms with Gasteiger partial charge >= 0.3 is 6.18 Å². The Hall–Kier alpha value is -2.17. The van der Waals surface area contributed by atoms with E-state index in [4.69, 9.17) is 4.74 Å². The first-order valence-electron chi connectivity index (χ1n) is 9.96. The Labute approximate surface area is 178 Å². The number of nitrogens with one attached hydrogen (secondary N) is 1. The molecule has 2 aromatic rings. The average Bonchev–Trinajstić information content (AvgIpc) is 3.40. The van der Waals surface area contributed by atoms with E-state index in [0.717, 1.165) is 24.2 Å². The molecule has 10 heteroatoms. The molecule has 1 saturated heterocycles. The van der Waals surface area contributed by atoms with Crippen LogP contribution in [0.25, 0.3) is 0 Å². The smallest absolute Gasteiger partial charge is 0.416 e. The fraction of sp³-hybridized carbons (Fsp3) is 0.429. The second-order valence-corrected chi connectivity index (χ2v) is 9.69. The van der Waals surface area contributed by atoms with E-state index in [2.05, 4.69) is 9.62 Å². The van der Waals surface area contributed by atoms with Gasteiger partial charge in [0, 0.05) is 25.7 Å². The van der Waals surface area contributed by atoms with E-state index in [9.17, 15) is 26.0 Å². The monoisotopic (exact) mass is 458 g/mol. The SMILES string of the molecule is O=S(=O)(N[C@@H]1CCN(Cc2ccc(OC3CC3)cc2)C1)c1cc(F)cc(C(F)(F)F)c1. The molecule has 168 valence electrons. The van der Waals surface area contributed by atoms with Crippen LogP contribution in [0.4, 0.5) is 17.6 Å². The van der Waals surface area contributed by atoms with Crippen molar-refractivity contribution in [2.24, 2.45) is 0 Å². The number of halogens is 4. The van der Waals surface area contributed by atoms with Gasteiger partial charge in [0.15, 0.2) is 0 Å². The van der Waals surface area contributed by atoms with E-state index in [1.54, 1.807) is 0 Å². The van der Waals surface area contributed by atoms with Crippen molar-refractivity contribution in [2.45, 2.75) is 49.0 Å². The molecule has 1 heterocycles. The number of rotatable bonds is 7. The van der Waals surface area contributed by atoms with Gasteiger partial charge in [0.1, 0.15) is 11.6 Å². The number of hydrogen-bond donors (Lipinski definition) is 1. The van der Waals surface area contributed by atoms with Crippen molar-refractivity contribution in [2.75, 3.05) is 13.1 Å². The molecule has 0 unspecified atom stereocenters. The predicted molar refractivity (Wildman–Crippen MR) is 105 cm³/mol. The molecule has 1 aliphatic carbocycles. The molecule has 0 bridgehead atoms. The maximum absolute atomic E-state index is 13.6. The van der Waals surface area contributed by atoms with Gasteiger partial charge in [0.05, 0.1) is 16.6 Å². The van der Waals surface area contributed by atoms with Crippen LogP contribution in [-0.2, 0) is 22.7 Å². The summed E-state index contributed by atoms with van der Waals surface area (Å²) >= 11 is 0. The molecular weight excluding hydrogens is 436 g/mol. The lowest BCUT2D eigenvalue weighted by atomic mass is 10.2. The van der Waals surface area contributed by atoms with Crippen molar-refractivity contribution in [3.05, 3.63) is 59.4 Å². The number of benzene rings is 2. The molecule has 1 N–H and O–H groups in total. The standard InChI is InChI=1S/C21H22F4N2O3S/c22-16-9-15(21(23,24)25)10-20(11-16)31(28,29)26-17-7-8-27(13-17)12-14-1-3-18(4-2-14)30-19-5-6-19/h1-4,9-11,17,19,26H,5-8,12-13H2/t17-/m1/s1. The third kappa shape index (κ3) is 5.75. The quantitative estimate of drug-likeness (QED) is 0.639. The molecular formula is C21H22F4N2O3S. The highest BCUT2D eigenvalue weighted by Gasteiger charge is 2.34. The molecule has 1 saturated carbocycles. The summed E-state index contributed by atoms with van der Waals surface area (Å²) in [7, 11) is -4.29. The van der Waals surface area contributed by atoms with Crippen LogP contribution < -0.4 is 9.46 Å². The summed E-state index contributed by atoms with van der Waals surface area (Å²) in [6.07, 6.45) is -1.84. The minimum atomic E-state index is -4.84. The Kier molecular flexibility index (Phi) is 5.97. The minimum absolute atomic E-state index is 0.275. The van der Waals surface area contributed by atoms with E-state index in [-0.39, 0.29) is 6.07 Å². The molecule has 0 aromatic heterocycles. The summed E-state index contributed by atoms with van der Waals surface area (Å²) in [4.78, 5) is 1.32. The predicted octanol–water partition coefficient (Wildman–Crippen LogP) is 3.94. The van der Waals surface area contributed by atoms with Crippen molar-refractivity contribution in [3.63, 3.8) is 0 Å². The van der Waals surface area contributed by atoms with Crippen LogP contribution in [0.1, 0.15) is 30.4 Å². The van der Waals surface area contributed by atoms with Crippen molar-refractivity contribution in [1.82, 2.24) is 9.62 Å². The molecule has 1 aliphatic heterocycles. The average molecular weight is 458 g/mol. The highest BCUT2D eigenvalue weighted by molar-refractivity contribution is 7.89. The molecule has 2 aromatic carbocycles. The maximum Gasteiger partial charge on any atom is 0.416 e. The zero-order valence-corrected chi connectivity index (χ0v) is 17.3. The Bertz CT molecular complexity index is 1040. The number of nitrogens with zero attached hydrogens (tertiary/aromatic N) is 1. The second-order valence-electron chi connectivity index (χ2n) is 7.98. The van der Waals surface area contributed by atoms with Gasteiger partial charge in [-0.05, 0) is 55.2 Å². The van der Waals surface area contributed by atoms with Crippen molar-refractivity contribution in [1.29, 1.82) is 0 Å². The van der Waals surface area contributed by atoms with Crippen LogP contribution in [-0.4, -0.2) is 38.6 Å². The molecule has 0 amide bonds. The van der Waals surface area contributed by atoms with Crippen molar-refractivity contribution >= 4 is 10.0 Å². The molecule has 1 atom stereocenters. The second kappa shape index (κ2) is 8.40. The van der Waals surface area contributed by atoms with Gasteiger partial charge in [-0.1, -0.05) is 12.1 Å². The third-order valence-electron chi connectivity index (χ3n) is 5.26. The summed E-state index contributed by atoms with van der Waals surface area (Å²) in [5.41, 5.74) is -0.290. The van der Waals surface area contributed by atoms with Crippen LogP contribution in [0.3, 0.4) is 0 Å². The summed E-state index contributed by atoms with van der Waals surface area (Å²) in [6, 6.07) is 8.58. The highest BCUT2D eigenvalue weighted by atomic mass is 32.2. The molecule has 5 nitrogen and oxygen atoms in total. The molecule has 0 spiro atoms. The summed E-state index contributed by atoms with van der Waals surface area (Å²) in [5, 5.41) is 0. The molecule has 0 radical (unpaired) electrons. The zero-order valence-electron chi connectivity index (χ0n) is 16.5. The summed E-state index contributed by atoms with van der Waals surface area (Å²) in [5.74, 6) is -0.427. The number of ether oxygens (including phenoxy) is 1. The van der Waals surface area contributed by atoms with Gasteiger partial charge < -0.3 is 4.74 Å². The minimum Gasteiger partial charge on any atom is -0.490 e. The van der Waals surface area contributed by atoms with E-state index in [0.29, 0.717) is 44.3 Å². The molecule has 4 rings (SSSR count). The van der Waals surface area contributed by atoms with E-state index in [1.165, 1.54) is 0 Å². The Morgan fingerprint density at radius 3 is 2.42 bits per heavy atom. The van der Waals surface area contributed by atoms with Crippen LogP contribution in [0, 0.1) is 5.82 Å². The van der Waals surface area contributed by atoms with E-state index >= 15 is 0 Å². The third-order valence-corrected chi connectivity index (χ3v) is 6.76. The zero-order chi connectivity index (χ0) is 22.2. The van der Waals surface area contributed by atoms with Crippen LogP contribution in [0.15, 0.2) is 47.4 Å². The fourth-order valence-corrected chi connectivity index (χ4v) is 4.87. The first-order chi connectivity index (χ1) is 14.6. The summed E-state index contributed by atoms with van der Waals surface area (Å²) in [6.45, 7) is 1.64. The van der Waals surface area contributed by atoms with Gasteiger partial charge in [0.2, 0.25) is 10.0 Å². The van der Waals surface area contributed by atoms with Crippen LogP contribution >= 0.6 is 0 Å². The van der Waals surface area contributed by atoms with Gasteiger partial charge in [-0.3, -0.25) is 4.90 Å². The number of alkyl halides is 3. The maximum atomic E-state index is 13.6. The molecule has 2 fully saturated rings. The van der Waals surface area contributed by atoms with Gasteiger partial charge in [-0.2, -0.15) is 13.2 Å². The fourth-order valence-electron chi connectivity index (χ4n) is 3.55. The first-order valence-corrected chi connectivity index (χ1v) is 11.4. The number of hydrogen-bond acceptors (Lipinski definition) is 4. The lowest BCUT2D eigenvalue weighted by Gasteiger charge is -2.17. The Morgan fingerprint density at radius 1 is 1.06 bits per heavy atom. The van der Waals surface area contributed by atoms with Crippen molar-refractivity contribution in [3.8, 4) is 5.75 Å². The van der Waals surface area contributed by atoms with E-state index < -0.39 is 38.5 Å². The first kappa shape index (κ1) is 22.0. The lowest BCUT2D eigenvalue weighted by Crippen LogP contribution is -2.37. The van der Waals surface area contributed by atoms with E-state index in [1.807, 2.05) is 24.3 Å². The molecule has 31 heavy (non-hydrogen) atoms. The Balaban J connectivity index is 1.36. The summed E-state index contributed by atoms with van der Waals surface area (Å²) < 4.78 is 85.5. The van der Waals surface area contributed by atoms with Crippen LogP contribution in [0.5, 0.6) is 5.75 Å². The van der Waals surface area contributed by atoms with Gasteiger partial charge in [0.25, 0.3) is 0 Å². The number of likely N-dealkylation sites (tertiary alicyclic amines) is 1. The van der Waals surface area contributed by atoms with Crippen molar-refractivity contribution < 1.29 is 30.7 Å². The normalized spacial score (nSPS) is 20.2.